The lowest BCUT2D eigenvalue weighted by Crippen LogP contribution is -2.13. The average Bonchev–Trinajstić information content (AvgIpc) is 2.48. The molecule has 0 aliphatic carbocycles. The van der Waals surface area contributed by atoms with E-state index in [2.05, 4.69) is 0 Å². The molecule has 0 fully saturated rings. The smallest absolute Gasteiger partial charge is 0.203 e. The molecule has 0 unspecified atom stereocenters. The molecule has 2 nitrogen and oxygen atoms in total. The lowest BCUT2D eigenvalue weighted by atomic mass is 10.1. The number of Topliss-reactive ketones (excluding diaryl/α,β-unsaturated/α-hetero) is 1. The maximum atomic E-state index is 13.5. The molecular formula is C16H13ClF2O2. The first-order chi connectivity index (χ1) is 10.0. The predicted molar refractivity (Wildman–Crippen MR) is 77.0 cm³/mol. The summed E-state index contributed by atoms with van der Waals surface area (Å²) in [6, 6.07) is 7.75. The number of ether oxygens (including phenoxy) is 1. The molecule has 0 atom stereocenters. The number of halogens is 3. The Balaban J connectivity index is 2.09. The van der Waals surface area contributed by atoms with E-state index in [9.17, 15) is 13.6 Å². The monoisotopic (exact) mass is 310 g/mol. The molecule has 0 heterocycles. The van der Waals surface area contributed by atoms with Gasteiger partial charge in [0.1, 0.15) is 17.4 Å². The molecule has 0 aliphatic rings. The van der Waals surface area contributed by atoms with Gasteiger partial charge in [0, 0.05) is 5.02 Å². The quantitative estimate of drug-likeness (QED) is 0.763. The Morgan fingerprint density at radius 1 is 1.19 bits per heavy atom. The number of hydrogen-bond donors (Lipinski definition) is 0. The van der Waals surface area contributed by atoms with Gasteiger partial charge in [0.25, 0.3) is 0 Å². The molecule has 110 valence electrons. The van der Waals surface area contributed by atoms with E-state index in [1.54, 1.807) is 18.2 Å². The van der Waals surface area contributed by atoms with E-state index in [4.69, 9.17) is 16.3 Å². The van der Waals surface area contributed by atoms with Crippen LogP contribution in [0.5, 0.6) is 5.75 Å². The average molecular weight is 311 g/mol. The minimum atomic E-state index is -0.768. The van der Waals surface area contributed by atoms with Crippen molar-refractivity contribution in [3.8, 4) is 5.75 Å². The van der Waals surface area contributed by atoms with Crippen LogP contribution in [0.3, 0.4) is 0 Å². The zero-order valence-corrected chi connectivity index (χ0v) is 12.1. The second kappa shape index (κ2) is 6.68. The van der Waals surface area contributed by atoms with Crippen LogP contribution in [-0.4, -0.2) is 12.4 Å². The van der Waals surface area contributed by atoms with Crippen molar-refractivity contribution in [3.05, 3.63) is 64.2 Å². The van der Waals surface area contributed by atoms with Crippen LogP contribution in [0.15, 0.2) is 36.4 Å². The molecule has 5 heteroatoms. The van der Waals surface area contributed by atoms with Crippen LogP contribution in [0, 0.1) is 11.6 Å². The van der Waals surface area contributed by atoms with Crippen molar-refractivity contribution in [2.45, 2.75) is 13.3 Å². The Morgan fingerprint density at radius 3 is 2.67 bits per heavy atom. The van der Waals surface area contributed by atoms with E-state index in [1.807, 2.05) is 6.92 Å². The molecule has 0 aromatic heterocycles. The molecule has 0 N–H and O–H groups in total. The van der Waals surface area contributed by atoms with E-state index in [-0.39, 0.29) is 12.2 Å². The second-order valence-electron chi connectivity index (χ2n) is 4.44. The molecule has 0 aliphatic heterocycles. The van der Waals surface area contributed by atoms with E-state index < -0.39 is 17.4 Å². The highest BCUT2D eigenvalue weighted by Crippen LogP contribution is 2.22. The molecule has 0 saturated carbocycles. The second-order valence-corrected chi connectivity index (χ2v) is 4.85. The van der Waals surface area contributed by atoms with Gasteiger partial charge in [0.05, 0.1) is 5.56 Å². The van der Waals surface area contributed by atoms with Gasteiger partial charge in [-0.25, -0.2) is 8.78 Å². The Labute approximate surface area is 126 Å². The summed E-state index contributed by atoms with van der Waals surface area (Å²) in [6.07, 6.45) is 0.725. The van der Waals surface area contributed by atoms with Crippen LogP contribution in [0.1, 0.15) is 22.8 Å². The standard InChI is InChI=1S/C16H13ClF2O2/c1-2-10-7-12(4-5-14(10)17)21-9-16(20)13-8-11(18)3-6-15(13)19/h3-8H,2,9H2,1H3. The van der Waals surface area contributed by atoms with Gasteiger partial charge in [-0.1, -0.05) is 18.5 Å². The molecular weight excluding hydrogens is 298 g/mol. The number of carbonyl (C=O) groups excluding carboxylic acids is 1. The van der Waals surface area contributed by atoms with Crippen molar-refractivity contribution in [2.24, 2.45) is 0 Å². The number of rotatable bonds is 5. The number of ketones is 1. The molecule has 2 aromatic carbocycles. The highest BCUT2D eigenvalue weighted by atomic mass is 35.5. The maximum absolute atomic E-state index is 13.5. The summed E-state index contributed by atoms with van der Waals surface area (Å²) in [6.45, 7) is 1.57. The van der Waals surface area contributed by atoms with Crippen molar-refractivity contribution in [3.63, 3.8) is 0 Å². The van der Waals surface area contributed by atoms with Crippen molar-refractivity contribution in [2.75, 3.05) is 6.61 Å². The van der Waals surface area contributed by atoms with Crippen LogP contribution < -0.4 is 4.74 Å². The Kier molecular flexibility index (Phi) is 4.91. The number of carbonyl (C=O) groups is 1. The maximum Gasteiger partial charge on any atom is 0.203 e. The zero-order chi connectivity index (χ0) is 15.4. The van der Waals surface area contributed by atoms with Gasteiger partial charge in [-0.15, -0.1) is 0 Å². The third kappa shape index (κ3) is 3.79. The van der Waals surface area contributed by atoms with E-state index in [0.717, 1.165) is 30.2 Å². The third-order valence-electron chi connectivity index (χ3n) is 3.00. The molecule has 2 aromatic rings. The first kappa shape index (κ1) is 15.4. The summed E-state index contributed by atoms with van der Waals surface area (Å²) >= 11 is 5.98. The summed E-state index contributed by atoms with van der Waals surface area (Å²) in [7, 11) is 0. The minimum absolute atomic E-state index is 0.320. The van der Waals surface area contributed by atoms with Crippen molar-refractivity contribution < 1.29 is 18.3 Å². The molecule has 0 bridgehead atoms. The van der Waals surface area contributed by atoms with Crippen molar-refractivity contribution in [1.29, 1.82) is 0 Å². The fourth-order valence-electron chi connectivity index (χ4n) is 1.85. The van der Waals surface area contributed by atoms with E-state index in [0.29, 0.717) is 10.8 Å². The summed E-state index contributed by atoms with van der Waals surface area (Å²) in [5.74, 6) is -1.60. The van der Waals surface area contributed by atoms with Crippen molar-refractivity contribution >= 4 is 17.4 Å². The highest BCUT2D eigenvalue weighted by molar-refractivity contribution is 6.31. The normalized spacial score (nSPS) is 10.5. The minimum Gasteiger partial charge on any atom is -0.485 e. The zero-order valence-electron chi connectivity index (χ0n) is 11.3. The Bertz CT molecular complexity index is 671. The Hall–Kier alpha value is -1.94. The van der Waals surface area contributed by atoms with Crippen LogP contribution in [0.2, 0.25) is 5.02 Å². The van der Waals surface area contributed by atoms with Gasteiger partial charge in [0.2, 0.25) is 5.78 Å². The molecule has 0 spiro atoms. The lowest BCUT2D eigenvalue weighted by Gasteiger charge is -2.08. The Morgan fingerprint density at radius 2 is 1.95 bits per heavy atom. The van der Waals surface area contributed by atoms with Crippen LogP contribution >= 0.6 is 11.6 Å². The lowest BCUT2D eigenvalue weighted by molar-refractivity contribution is 0.0917. The molecule has 2 rings (SSSR count). The summed E-state index contributed by atoms with van der Waals surface area (Å²) in [5.41, 5.74) is 0.568. The SMILES string of the molecule is CCc1cc(OCC(=O)c2cc(F)ccc2F)ccc1Cl. The first-order valence-electron chi connectivity index (χ1n) is 6.40. The third-order valence-corrected chi connectivity index (χ3v) is 3.37. The van der Waals surface area contributed by atoms with Crippen LogP contribution in [-0.2, 0) is 6.42 Å². The van der Waals surface area contributed by atoms with Gasteiger partial charge in [-0.2, -0.15) is 0 Å². The largest absolute Gasteiger partial charge is 0.485 e. The first-order valence-corrected chi connectivity index (χ1v) is 6.78. The number of hydrogen-bond acceptors (Lipinski definition) is 2. The topological polar surface area (TPSA) is 26.3 Å². The molecule has 0 amide bonds. The van der Waals surface area contributed by atoms with Crippen LogP contribution in [0.4, 0.5) is 8.78 Å². The van der Waals surface area contributed by atoms with Gasteiger partial charge >= 0.3 is 0 Å². The summed E-state index contributed by atoms with van der Waals surface area (Å²) < 4.78 is 31.8. The van der Waals surface area contributed by atoms with E-state index in [1.165, 1.54) is 0 Å². The van der Waals surface area contributed by atoms with Gasteiger partial charge in [-0.05, 0) is 48.4 Å². The summed E-state index contributed by atoms with van der Waals surface area (Å²) in [4.78, 5) is 11.9. The fourth-order valence-corrected chi connectivity index (χ4v) is 2.10. The highest BCUT2D eigenvalue weighted by Gasteiger charge is 2.14. The van der Waals surface area contributed by atoms with Gasteiger partial charge in [-0.3, -0.25) is 4.79 Å². The fraction of sp³-hybridized carbons (Fsp3) is 0.188. The molecule has 21 heavy (non-hydrogen) atoms. The molecule has 0 saturated heterocycles. The number of benzene rings is 2. The van der Waals surface area contributed by atoms with Crippen molar-refractivity contribution in [1.82, 2.24) is 0 Å². The van der Waals surface area contributed by atoms with E-state index >= 15 is 0 Å². The molecule has 0 radical (unpaired) electrons. The number of aryl methyl sites for hydroxylation is 1. The summed E-state index contributed by atoms with van der Waals surface area (Å²) in [5, 5.41) is 0.618. The van der Waals surface area contributed by atoms with Gasteiger partial charge < -0.3 is 4.74 Å². The predicted octanol–water partition coefficient (Wildman–Crippen LogP) is 4.44. The van der Waals surface area contributed by atoms with Crippen LogP contribution in [0.25, 0.3) is 0 Å². The van der Waals surface area contributed by atoms with Gasteiger partial charge in [0.15, 0.2) is 6.61 Å².